The molecule has 0 fully saturated rings. The monoisotopic (exact) mass is 272 g/mol. The van der Waals surface area contributed by atoms with Crippen molar-refractivity contribution in [2.24, 2.45) is 0 Å². The fourth-order valence-electron chi connectivity index (χ4n) is 2.02. The van der Waals surface area contributed by atoms with Crippen molar-refractivity contribution in [3.05, 3.63) is 70.7 Å². The highest BCUT2D eigenvalue weighted by Gasteiger charge is 2.17. The molecule has 1 unspecified atom stereocenters. The molecule has 0 spiro atoms. The molecule has 2 nitrogen and oxygen atoms in total. The van der Waals surface area contributed by atoms with Crippen LogP contribution in [0, 0.1) is 5.41 Å². The normalized spacial score (nSPS) is 11.9. The Morgan fingerprint density at radius 2 is 1.63 bits per heavy atom. The van der Waals surface area contributed by atoms with Gasteiger partial charge < -0.3 is 4.90 Å². The van der Waals surface area contributed by atoms with Gasteiger partial charge >= 0.3 is 0 Å². The number of benzene rings is 2. The maximum atomic E-state index is 8.27. The van der Waals surface area contributed by atoms with Gasteiger partial charge in [0.25, 0.3) is 0 Å². The summed E-state index contributed by atoms with van der Waals surface area (Å²) in [6.45, 7) is 2.05. The van der Waals surface area contributed by atoms with Crippen LogP contribution in [-0.2, 0) is 0 Å². The number of rotatable bonds is 3. The molecule has 19 heavy (non-hydrogen) atoms. The van der Waals surface area contributed by atoms with Gasteiger partial charge in [0.1, 0.15) is 5.84 Å². The van der Waals surface area contributed by atoms with Crippen molar-refractivity contribution in [1.82, 2.24) is 4.90 Å². The summed E-state index contributed by atoms with van der Waals surface area (Å²) in [5.41, 5.74) is 1.94. The second-order valence-corrected chi connectivity index (χ2v) is 4.93. The van der Waals surface area contributed by atoms with Gasteiger partial charge in [0.2, 0.25) is 0 Å². The summed E-state index contributed by atoms with van der Waals surface area (Å²) in [6.07, 6.45) is 0. The Balaban J connectivity index is 2.23. The van der Waals surface area contributed by atoms with Crippen LogP contribution in [0.3, 0.4) is 0 Å². The van der Waals surface area contributed by atoms with Crippen LogP contribution in [0.25, 0.3) is 0 Å². The Labute approximate surface area is 119 Å². The van der Waals surface area contributed by atoms with Crippen LogP contribution in [0.5, 0.6) is 0 Å². The third-order valence-corrected chi connectivity index (χ3v) is 3.68. The zero-order valence-electron chi connectivity index (χ0n) is 11.1. The van der Waals surface area contributed by atoms with Crippen LogP contribution < -0.4 is 0 Å². The fraction of sp³-hybridized carbons (Fsp3) is 0.188. The van der Waals surface area contributed by atoms with Crippen LogP contribution in [0.1, 0.15) is 24.1 Å². The molecule has 0 saturated carbocycles. The van der Waals surface area contributed by atoms with Crippen molar-refractivity contribution in [3.8, 4) is 0 Å². The Hall–Kier alpha value is -1.80. The SMILES string of the molecule is CC(c1ccccc1Cl)N(C)C(=N)c1ccccc1. The zero-order chi connectivity index (χ0) is 13.8. The second kappa shape index (κ2) is 5.89. The average Bonchev–Trinajstić information content (AvgIpc) is 2.46. The highest BCUT2D eigenvalue weighted by atomic mass is 35.5. The molecule has 0 radical (unpaired) electrons. The fourth-order valence-corrected chi connectivity index (χ4v) is 2.31. The molecule has 0 bridgehead atoms. The molecule has 0 aliphatic rings. The summed E-state index contributed by atoms with van der Waals surface area (Å²) < 4.78 is 0. The van der Waals surface area contributed by atoms with Crippen LogP contribution >= 0.6 is 11.6 Å². The van der Waals surface area contributed by atoms with Gasteiger partial charge in [0.15, 0.2) is 0 Å². The lowest BCUT2D eigenvalue weighted by Crippen LogP contribution is -2.29. The summed E-state index contributed by atoms with van der Waals surface area (Å²) in [5, 5.41) is 9.01. The van der Waals surface area contributed by atoms with E-state index < -0.39 is 0 Å². The quantitative estimate of drug-likeness (QED) is 0.652. The summed E-state index contributed by atoms with van der Waals surface area (Å²) >= 11 is 6.22. The molecule has 0 aliphatic heterocycles. The summed E-state index contributed by atoms with van der Waals surface area (Å²) in [4.78, 5) is 1.93. The van der Waals surface area contributed by atoms with Gasteiger partial charge in [-0.15, -0.1) is 0 Å². The minimum atomic E-state index is 0.0569. The van der Waals surface area contributed by atoms with Crippen molar-refractivity contribution in [1.29, 1.82) is 5.41 Å². The third kappa shape index (κ3) is 2.96. The van der Waals surface area contributed by atoms with E-state index in [1.54, 1.807) is 0 Å². The summed E-state index contributed by atoms with van der Waals surface area (Å²) in [7, 11) is 1.92. The Bertz CT molecular complexity index is 566. The number of hydrogen-bond donors (Lipinski definition) is 1. The first-order chi connectivity index (χ1) is 9.11. The van der Waals surface area contributed by atoms with Crippen LogP contribution in [0.15, 0.2) is 54.6 Å². The topological polar surface area (TPSA) is 27.1 Å². The van der Waals surface area contributed by atoms with Gasteiger partial charge in [-0.25, -0.2) is 0 Å². The van der Waals surface area contributed by atoms with Gasteiger partial charge in [-0.05, 0) is 18.6 Å². The van der Waals surface area contributed by atoms with E-state index in [1.165, 1.54) is 0 Å². The smallest absolute Gasteiger partial charge is 0.128 e. The van der Waals surface area contributed by atoms with Crippen molar-refractivity contribution >= 4 is 17.4 Å². The number of amidine groups is 1. The van der Waals surface area contributed by atoms with Crippen LogP contribution in [-0.4, -0.2) is 17.8 Å². The van der Waals surface area contributed by atoms with Gasteiger partial charge in [-0.1, -0.05) is 60.1 Å². The van der Waals surface area contributed by atoms with Crippen LogP contribution in [0.2, 0.25) is 5.02 Å². The summed E-state index contributed by atoms with van der Waals surface area (Å²) in [6, 6.07) is 17.6. The molecule has 2 aromatic rings. The van der Waals surface area contributed by atoms with E-state index in [0.29, 0.717) is 5.84 Å². The van der Waals surface area contributed by atoms with E-state index in [2.05, 4.69) is 6.92 Å². The first-order valence-electron chi connectivity index (χ1n) is 6.22. The maximum Gasteiger partial charge on any atom is 0.128 e. The molecule has 0 amide bonds. The van der Waals surface area contributed by atoms with Crippen LogP contribution in [0.4, 0.5) is 0 Å². The van der Waals surface area contributed by atoms with Gasteiger partial charge in [0.05, 0.1) is 6.04 Å². The molecule has 3 heteroatoms. The molecule has 98 valence electrons. The van der Waals surface area contributed by atoms with Gasteiger partial charge in [-0.2, -0.15) is 0 Å². The Kier molecular flexibility index (Phi) is 4.23. The largest absolute Gasteiger partial charge is 0.353 e. The third-order valence-electron chi connectivity index (χ3n) is 3.34. The van der Waals surface area contributed by atoms with Gasteiger partial charge in [-0.3, -0.25) is 5.41 Å². The number of nitrogens with one attached hydrogen (secondary N) is 1. The molecule has 0 aromatic heterocycles. The molecule has 1 atom stereocenters. The standard InChI is InChI=1S/C16H17ClN2/c1-12(14-10-6-7-11-15(14)17)19(2)16(18)13-8-4-3-5-9-13/h3-12,18H,1-2H3. The number of nitrogens with zero attached hydrogens (tertiary/aromatic N) is 1. The zero-order valence-corrected chi connectivity index (χ0v) is 11.9. The lowest BCUT2D eigenvalue weighted by Gasteiger charge is -2.28. The van der Waals surface area contributed by atoms with Crippen molar-refractivity contribution in [2.45, 2.75) is 13.0 Å². The van der Waals surface area contributed by atoms with E-state index in [4.69, 9.17) is 17.0 Å². The highest BCUT2D eigenvalue weighted by Crippen LogP contribution is 2.27. The molecular formula is C16H17ClN2. The molecule has 2 aromatic carbocycles. The first kappa shape index (κ1) is 13.6. The average molecular weight is 273 g/mol. The molecule has 2 rings (SSSR count). The minimum absolute atomic E-state index is 0.0569. The van der Waals surface area contributed by atoms with Crippen molar-refractivity contribution < 1.29 is 0 Å². The van der Waals surface area contributed by atoms with Gasteiger partial charge in [0, 0.05) is 17.6 Å². The lowest BCUT2D eigenvalue weighted by molar-refractivity contribution is 0.401. The Morgan fingerprint density at radius 3 is 2.26 bits per heavy atom. The highest BCUT2D eigenvalue weighted by molar-refractivity contribution is 6.31. The van der Waals surface area contributed by atoms with Crippen molar-refractivity contribution in [2.75, 3.05) is 7.05 Å². The number of halogens is 1. The van der Waals surface area contributed by atoms with E-state index in [1.807, 2.05) is 66.5 Å². The number of hydrogen-bond acceptors (Lipinski definition) is 1. The summed E-state index contributed by atoms with van der Waals surface area (Å²) in [5.74, 6) is 0.494. The predicted octanol–water partition coefficient (Wildman–Crippen LogP) is 4.36. The van der Waals surface area contributed by atoms with E-state index >= 15 is 0 Å². The van der Waals surface area contributed by atoms with E-state index in [-0.39, 0.29) is 6.04 Å². The molecule has 0 saturated heterocycles. The molecule has 1 N–H and O–H groups in total. The Morgan fingerprint density at radius 1 is 1.05 bits per heavy atom. The lowest BCUT2D eigenvalue weighted by atomic mass is 10.1. The first-order valence-corrected chi connectivity index (χ1v) is 6.60. The predicted molar refractivity (Wildman–Crippen MR) is 80.9 cm³/mol. The maximum absolute atomic E-state index is 8.27. The molecular weight excluding hydrogens is 256 g/mol. The van der Waals surface area contributed by atoms with Crippen molar-refractivity contribution in [3.63, 3.8) is 0 Å². The molecule has 0 aliphatic carbocycles. The minimum Gasteiger partial charge on any atom is -0.353 e. The van der Waals surface area contributed by atoms with E-state index in [0.717, 1.165) is 16.1 Å². The van der Waals surface area contributed by atoms with E-state index in [9.17, 15) is 0 Å². The molecule has 0 heterocycles. The second-order valence-electron chi connectivity index (χ2n) is 4.52.